The predicted molar refractivity (Wildman–Crippen MR) is 42.3 cm³/mol. The Bertz CT molecular complexity index is 344. The monoisotopic (exact) mass is 181 g/mol. The maximum absolute atomic E-state index is 10.7. The minimum absolute atomic E-state index is 0.148. The molecule has 0 aromatic carbocycles. The van der Waals surface area contributed by atoms with Gasteiger partial charge in [-0.2, -0.15) is 0 Å². The Morgan fingerprint density at radius 1 is 1.31 bits per heavy atom. The summed E-state index contributed by atoms with van der Waals surface area (Å²) < 4.78 is 0. The largest absolute Gasteiger partial charge is 0.478 e. The summed E-state index contributed by atoms with van der Waals surface area (Å²) in [4.78, 5) is 22.4. The molecule has 0 fully saturated rings. The van der Waals surface area contributed by atoms with Crippen molar-refractivity contribution in [1.82, 2.24) is 4.90 Å². The molecule has 0 aromatic rings. The van der Waals surface area contributed by atoms with E-state index in [-0.39, 0.29) is 5.57 Å². The number of carboxylic acids is 1. The lowest BCUT2D eigenvalue weighted by molar-refractivity contribution is -0.132. The summed E-state index contributed by atoms with van der Waals surface area (Å²) in [7, 11) is 0. The molecule has 68 valence electrons. The van der Waals surface area contributed by atoms with E-state index in [0.29, 0.717) is 0 Å². The van der Waals surface area contributed by atoms with Gasteiger partial charge in [0.15, 0.2) is 0 Å². The van der Waals surface area contributed by atoms with Crippen LogP contribution < -0.4 is 0 Å². The Morgan fingerprint density at radius 3 is 2.38 bits per heavy atom. The third-order valence-electron chi connectivity index (χ3n) is 2.25. The van der Waals surface area contributed by atoms with Crippen molar-refractivity contribution in [3.63, 3.8) is 0 Å². The fourth-order valence-corrected chi connectivity index (χ4v) is 1.71. The molecule has 0 saturated carbocycles. The molecule has 2 aliphatic rings. The summed E-state index contributed by atoms with van der Waals surface area (Å²) in [6.07, 6.45) is 3.65. The number of rotatable bonds is 1. The first kappa shape index (κ1) is 7.85. The summed E-state index contributed by atoms with van der Waals surface area (Å²) in [5.41, 5.74) is 0.148. The first-order chi connectivity index (χ1) is 6.11. The van der Waals surface area contributed by atoms with Gasteiger partial charge >= 0.3 is 12.1 Å². The molecule has 0 spiro atoms. The number of nitrogens with zero attached hydrogens (tertiary/aromatic N) is 1. The third-order valence-corrected chi connectivity index (χ3v) is 2.25. The molecule has 5 nitrogen and oxygen atoms in total. The van der Waals surface area contributed by atoms with E-state index in [1.165, 1.54) is 6.08 Å². The van der Waals surface area contributed by atoms with Crippen LogP contribution in [0.5, 0.6) is 0 Å². The number of carbonyl (C=O) groups is 2. The summed E-state index contributed by atoms with van der Waals surface area (Å²) in [6, 6.07) is -0.992. The normalized spacial score (nSPS) is 29.2. The Morgan fingerprint density at radius 2 is 2.00 bits per heavy atom. The highest BCUT2D eigenvalue weighted by atomic mass is 16.4. The number of hydrogen-bond acceptors (Lipinski definition) is 2. The lowest BCUT2D eigenvalue weighted by Crippen LogP contribution is -2.37. The zero-order valence-electron chi connectivity index (χ0n) is 6.54. The number of carboxylic acid groups (broad SMARTS) is 2. The second-order valence-corrected chi connectivity index (χ2v) is 2.94. The van der Waals surface area contributed by atoms with Crippen LogP contribution in [0.2, 0.25) is 0 Å². The molecule has 2 N–H and O–H groups in total. The maximum Gasteiger partial charge on any atom is 0.408 e. The van der Waals surface area contributed by atoms with Gasteiger partial charge in [-0.1, -0.05) is 12.2 Å². The van der Waals surface area contributed by atoms with Crippen molar-refractivity contribution >= 4 is 12.1 Å². The number of hydrogen-bond donors (Lipinski definition) is 2. The molecule has 2 unspecified atom stereocenters. The summed E-state index contributed by atoms with van der Waals surface area (Å²) >= 11 is 0. The van der Waals surface area contributed by atoms with Crippen LogP contribution in [0.3, 0.4) is 0 Å². The fraction of sp³-hybridized carbons (Fsp3) is 0.250. The summed E-state index contributed by atoms with van der Waals surface area (Å²) in [5.74, 6) is -1.05. The molecule has 0 aromatic heterocycles. The Labute approximate surface area is 73.6 Å². The van der Waals surface area contributed by atoms with Gasteiger partial charge in [0.25, 0.3) is 0 Å². The zero-order valence-corrected chi connectivity index (χ0v) is 6.54. The molecule has 2 aliphatic heterocycles. The topological polar surface area (TPSA) is 77.8 Å². The van der Waals surface area contributed by atoms with Crippen LogP contribution >= 0.6 is 0 Å². The SMILES string of the molecule is O=C(O)C1=CC2C=CC1N2C(=O)O. The summed E-state index contributed by atoms with van der Waals surface area (Å²) in [5, 5.41) is 17.5. The van der Waals surface area contributed by atoms with Crippen molar-refractivity contribution in [3.05, 3.63) is 23.8 Å². The van der Waals surface area contributed by atoms with Crippen LogP contribution in [0.4, 0.5) is 4.79 Å². The second-order valence-electron chi connectivity index (χ2n) is 2.94. The lowest BCUT2D eigenvalue weighted by Gasteiger charge is -2.18. The van der Waals surface area contributed by atoms with Gasteiger partial charge in [-0.3, -0.25) is 4.90 Å². The van der Waals surface area contributed by atoms with Gasteiger partial charge in [0.05, 0.1) is 17.7 Å². The molecular weight excluding hydrogens is 174 g/mol. The number of aliphatic carboxylic acids is 1. The molecule has 1 amide bonds. The van der Waals surface area contributed by atoms with Gasteiger partial charge in [-0.15, -0.1) is 0 Å². The van der Waals surface area contributed by atoms with Crippen molar-refractivity contribution in [3.8, 4) is 0 Å². The van der Waals surface area contributed by atoms with E-state index in [4.69, 9.17) is 10.2 Å². The smallest absolute Gasteiger partial charge is 0.408 e. The van der Waals surface area contributed by atoms with E-state index in [2.05, 4.69) is 0 Å². The number of fused-ring (bicyclic) bond motifs is 2. The highest BCUT2D eigenvalue weighted by Crippen LogP contribution is 2.31. The first-order valence-corrected chi connectivity index (χ1v) is 3.76. The van der Waals surface area contributed by atoms with E-state index in [1.54, 1.807) is 12.2 Å². The van der Waals surface area contributed by atoms with Crippen LogP contribution in [-0.2, 0) is 4.79 Å². The fourth-order valence-electron chi connectivity index (χ4n) is 1.71. The van der Waals surface area contributed by atoms with Crippen LogP contribution in [0.1, 0.15) is 0 Å². The maximum atomic E-state index is 10.7. The van der Waals surface area contributed by atoms with Gasteiger partial charge in [0.1, 0.15) is 0 Å². The molecule has 0 aliphatic carbocycles. The van der Waals surface area contributed by atoms with Crippen molar-refractivity contribution in [2.24, 2.45) is 0 Å². The van der Waals surface area contributed by atoms with Crippen LogP contribution in [0.25, 0.3) is 0 Å². The van der Waals surface area contributed by atoms with E-state index in [0.717, 1.165) is 4.90 Å². The van der Waals surface area contributed by atoms with Crippen LogP contribution in [0, 0.1) is 0 Å². The quantitative estimate of drug-likeness (QED) is 0.570. The third kappa shape index (κ3) is 0.932. The standard InChI is InChI=1S/C8H7NO4/c10-7(11)5-3-4-1-2-6(5)9(4)8(12)13/h1-4,6H,(H,10,11)(H,12,13). The molecule has 2 atom stereocenters. The van der Waals surface area contributed by atoms with Crippen molar-refractivity contribution in [2.75, 3.05) is 0 Å². The molecule has 2 rings (SSSR count). The Hall–Kier alpha value is -1.78. The van der Waals surface area contributed by atoms with E-state index in [9.17, 15) is 9.59 Å². The number of amides is 1. The highest BCUT2D eigenvalue weighted by molar-refractivity contribution is 5.92. The van der Waals surface area contributed by atoms with Gasteiger partial charge in [-0.05, 0) is 6.08 Å². The first-order valence-electron chi connectivity index (χ1n) is 3.76. The van der Waals surface area contributed by atoms with E-state index < -0.39 is 24.1 Å². The molecule has 5 heteroatoms. The average Bonchev–Trinajstić information content (AvgIpc) is 2.58. The highest BCUT2D eigenvalue weighted by Gasteiger charge is 2.42. The second kappa shape index (κ2) is 2.35. The minimum atomic E-state index is -1.09. The van der Waals surface area contributed by atoms with E-state index in [1.807, 2.05) is 0 Å². The predicted octanol–water partition coefficient (Wildman–Crippen LogP) is 0.298. The van der Waals surface area contributed by atoms with Gasteiger partial charge < -0.3 is 10.2 Å². The van der Waals surface area contributed by atoms with Gasteiger partial charge in [0.2, 0.25) is 0 Å². The van der Waals surface area contributed by atoms with Gasteiger partial charge in [0, 0.05) is 0 Å². The van der Waals surface area contributed by atoms with Crippen LogP contribution in [-0.4, -0.2) is 39.3 Å². The average molecular weight is 181 g/mol. The van der Waals surface area contributed by atoms with Crippen molar-refractivity contribution in [1.29, 1.82) is 0 Å². The lowest BCUT2D eigenvalue weighted by atomic mass is 10.1. The zero-order chi connectivity index (χ0) is 9.59. The van der Waals surface area contributed by atoms with Crippen LogP contribution in [0.15, 0.2) is 23.8 Å². The summed E-state index contributed by atoms with van der Waals surface area (Å²) in [6.45, 7) is 0. The van der Waals surface area contributed by atoms with Crippen molar-refractivity contribution < 1.29 is 19.8 Å². The van der Waals surface area contributed by atoms with Crippen molar-refractivity contribution in [2.45, 2.75) is 12.1 Å². The van der Waals surface area contributed by atoms with Gasteiger partial charge in [-0.25, -0.2) is 9.59 Å². The minimum Gasteiger partial charge on any atom is -0.478 e. The Kier molecular flexibility index (Phi) is 1.42. The Balaban J connectivity index is 2.30. The molecule has 2 heterocycles. The molecule has 13 heavy (non-hydrogen) atoms. The molecule has 0 radical (unpaired) electrons. The molecule has 0 saturated heterocycles. The van der Waals surface area contributed by atoms with E-state index >= 15 is 0 Å². The molecular formula is C8H7NO4. The molecule has 2 bridgehead atoms.